The van der Waals surface area contributed by atoms with Crippen LogP contribution in [-0.4, -0.2) is 29.2 Å². The number of fused-ring (bicyclic) bond motifs is 1. The van der Waals surface area contributed by atoms with Gasteiger partial charge in [-0.15, -0.1) is 0 Å². The van der Waals surface area contributed by atoms with Crippen molar-refractivity contribution in [3.8, 4) is 0 Å². The van der Waals surface area contributed by atoms with Crippen LogP contribution in [0.1, 0.15) is 36.8 Å². The van der Waals surface area contributed by atoms with Gasteiger partial charge in [0.1, 0.15) is 5.82 Å². The number of benzene rings is 1. The second-order valence-electron chi connectivity index (χ2n) is 6.76. The van der Waals surface area contributed by atoms with Crippen LogP contribution < -0.4 is 0 Å². The summed E-state index contributed by atoms with van der Waals surface area (Å²) in [6.45, 7) is 2.86. The van der Waals surface area contributed by atoms with Crippen molar-refractivity contribution >= 4 is 0 Å². The fourth-order valence-corrected chi connectivity index (χ4v) is 4.12. The van der Waals surface area contributed by atoms with Gasteiger partial charge in [-0.25, -0.2) is 4.39 Å². The van der Waals surface area contributed by atoms with Crippen LogP contribution in [0.15, 0.2) is 18.2 Å². The van der Waals surface area contributed by atoms with Gasteiger partial charge in [0.15, 0.2) is 0 Å². The van der Waals surface area contributed by atoms with Gasteiger partial charge in [0.25, 0.3) is 0 Å². The van der Waals surface area contributed by atoms with Crippen LogP contribution in [0.3, 0.4) is 0 Å². The van der Waals surface area contributed by atoms with Crippen LogP contribution in [0.5, 0.6) is 0 Å². The third-order valence-electron chi connectivity index (χ3n) is 5.32. The molecule has 0 saturated heterocycles. The lowest BCUT2D eigenvalue weighted by atomic mass is 10.0. The van der Waals surface area contributed by atoms with Crippen LogP contribution in [0.4, 0.5) is 4.39 Å². The first-order valence-electron chi connectivity index (χ1n) is 7.66. The number of hydrogen-bond acceptors (Lipinski definition) is 2. The first kappa shape index (κ1) is 14.0. The van der Waals surface area contributed by atoms with Crippen molar-refractivity contribution in [1.29, 1.82) is 0 Å². The van der Waals surface area contributed by atoms with Crippen LogP contribution in [0.2, 0.25) is 0 Å². The van der Waals surface area contributed by atoms with Crippen molar-refractivity contribution < 1.29 is 9.50 Å². The summed E-state index contributed by atoms with van der Waals surface area (Å²) in [6, 6.07) is 5.63. The van der Waals surface area contributed by atoms with Gasteiger partial charge in [0, 0.05) is 12.6 Å². The average molecular weight is 277 g/mol. The largest absolute Gasteiger partial charge is 0.393 e. The zero-order chi connectivity index (χ0) is 14.3. The Hall–Kier alpha value is -0.930. The molecule has 0 amide bonds. The van der Waals surface area contributed by atoms with E-state index in [2.05, 4.69) is 11.9 Å². The van der Waals surface area contributed by atoms with E-state index >= 15 is 0 Å². The van der Waals surface area contributed by atoms with Crippen LogP contribution in [0, 0.1) is 24.6 Å². The molecule has 0 spiro atoms. The summed E-state index contributed by atoms with van der Waals surface area (Å²) in [7, 11) is 2.15. The maximum Gasteiger partial charge on any atom is 0.123 e. The normalized spacial score (nSPS) is 32.9. The van der Waals surface area contributed by atoms with Crippen LogP contribution in [-0.2, 0) is 6.54 Å². The second kappa shape index (κ2) is 5.45. The van der Waals surface area contributed by atoms with E-state index in [-0.39, 0.29) is 11.9 Å². The summed E-state index contributed by atoms with van der Waals surface area (Å²) in [5, 5.41) is 9.71. The molecule has 1 aromatic carbocycles. The summed E-state index contributed by atoms with van der Waals surface area (Å²) < 4.78 is 13.4. The topological polar surface area (TPSA) is 23.5 Å². The molecule has 0 aromatic heterocycles. The highest BCUT2D eigenvalue weighted by Crippen LogP contribution is 2.45. The molecule has 2 fully saturated rings. The molecule has 0 radical (unpaired) electrons. The van der Waals surface area contributed by atoms with Crippen molar-refractivity contribution in [2.24, 2.45) is 11.8 Å². The first-order chi connectivity index (χ1) is 9.52. The van der Waals surface area contributed by atoms with Gasteiger partial charge in [-0.2, -0.15) is 0 Å². The molecule has 2 unspecified atom stereocenters. The summed E-state index contributed by atoms with van der Waals surface area (Å²) in [5.74, 6) is 1.25. The molecule has 4 atom stereocenters. The molecule has 0 heterocycles. The molecular weight excluding hydrogens is 253 g/mol. The Morgan fingerprint density at radius 1 is 1.20 bits per heavy atom. The number of aliphatic hydroxyl groups excluding tert-OH is 1. The average Bonchev–Trinajstić information content (AvgIpc) is 2.91. The van der Waals surface area contributed by atoms with Crippen molar-refractivity contribution in [1.82, 2.24) is 4.90 Å². The van der Waals surface area contributed by atoms with Crippen LogP contribution in [0.25, 0.3) is 0 Å². The predicted octanol–water partition coefficient (Wildman–Crippen LogP) is 3.12. The minimum atomic E-state index is -0.148. The van der Waals surface area contributed by atoms with Gasteiger partial charge in [-0.3, -0.25) is 4.90 Å². The van der Waals surface area contributed by atoms with E-state index in [9.17, 15) is 9.50 Å². The molecule has 1 aromatic rings. The lowest BCUT2D eigenvalue weighted by molar-refractivity contribution is 0.158. The summed E-state index contributed by atoms with van der Waals surface area (Å²) in [6.07, 6.45) is 4.27. The van der Waals surface area contributed by atoms with E-state index in [0.29, 0.717) is 17.9 Å². The van der Waals surface area contributed by atoms with Crippen molar-refractivity contribution in [2.75, 3.05) is 7.05 Å². The standard InChI is InChI=1S/C17H24FNO/c1-11-3-4-15(18)5-14(11)10-19(2)16-6-12-8-17(20)9-13(12)7-16/h3-5,12-13,16-17,20H,6-10H2,1-2H3/t12-,13+,16?,17?. The zero-order valence-electron chi connectivity index (χ0n) is 12.3. The zero-order valence-corrected chi connectivity index (χ0v) is 12.3. The minimum Gasteiger partial charge on any atom is -0.393 e. The molecule has 3 heteroatoms. The molecule has 2 aliphatic carbocycles. The van der Waals surface area contributed by atoms with Crippen molar-refractivity contribution in [3.63, 3.8) is 0 Å². The first-order valence-corrected chi connectivity index (χ1v) is 7.66. The third-order valence-corrected chi connectivity index (χ3v) is 5.32. The predicted molar refractivity (Wildman–Crippen MR) is 77.8 cm³/mol. The van der Waals surface area contributed by atoms with Crippen LogP contribution >= 0.6 is 0 Å². The van der Waals surface area contributed by atoms with Gasteiger partial charge in [0.05, 0.1) is 6.10 Å². The number of aryl methyl sites for hydroxylation is 1. The van der Waals surface area contributed by atoms with E-state index in [0.717, 1.165) is 30.5 Å². The SMILES string of the molecule is Cc1ccc(F)cc1CN(C)C1C[C@H]2CC(O)C[C@H]2C1. The van der Waals surface area contributed by atoms with Gasteiger partial charge in [-0.1, -0.05) is 6.07 Å². The Morgan fingerprint density at radius 2 is 1.85 bits per heavy atom. The number of aliphatic hydroxyl groups is 1. The van der Waals surface area contributed by atoms with E-state index in [1.165, 1.54) is 18.9 Å². The molecule has 3 rings (SSSR count). The quantitative estimate of drug-likeness (QED) is 0.917. The smallest absolute Gasteiger partial charge is 0.123 e. The minimum absolute atomic E-state index is 0.0679. The fourth-order valence-electron chi connectivity index (χ4n) is 4.12. The maximum atomic E-state index is 13.4. The van der Waals surface area contributed by atoms with Gasteiger partial charge >= 0.3 is 0 Å². The lowest BCUT2D eigenvalue weighted by Gasteiger charge is -2.26. The molecule has 2 aliphatic rings. The van der Waals surface area contributed by atoms with E-state index in [1.54, 1.807) is 6.07 Å². The summed E-state index contributed by atoms with van der Waals surface area (Å²) in [5.41, 5.74) is 2.25. The number of halogens is 1. The number of rotatable bonds is 3. The highest BCUT2D eigenvalue weighted by atomic mass is 19.1. The molecule has 1 N–H and O–H groups in total. The molecule has 2 saturated carbocycles. The third kappa shape index (κ3) is 2.75. The Morgan fingerprint density at radius 3 is 2.50 bits per heavy atom. The van der Waals surface area contributed by atoms with Gasteiger partial charge < -0.3 is 5.11 Å². The van der Waals surface area contributed by atoms with E-state index in [4.69, 9.17) is 0 Å². The van der Waals surface area contributed by atoms with E-state index in [1.807, 2.05) is 13.0 Å². The molecule has 20 heavy (non-hydrogen) atoms. The maximum absolute atomic E-state index is 13.4. The van der Waals surface area contributed by atoms with Crippen molar-refractivity contribution in [3.05, 3.63) is 35.1 Å². The Kier molecular flexibility index (Phi) is 3.83. The molecule has 2 nitrogen and oxygen atoms in total. The number of hydrogen-bond donors (Lipinski definition) is 1. The molecule has 110 valence electrons. The Labute approximate surface area is 120 Å². The Bertz CT molecular complexity index is 476. The van der Waals surface area contributed by atoms with Crippen molar-refractivity contribution in [2.45, 2.75) is 51.3 Å². The summed E-state index contributed by atoms with van der Waals surface area (Å²) >= 11 is 0. The second-order valence-corrected chi connectivity index (χ2v) is 6.76. The van der Waals surface area contributed by atoms with Gasteiger partial charge in [-0.05, 0) is 74.8 Å². The lowest BCUT2D eigenvalue weighted by Crippen LogP contribution is -2.30. The molecular formula is C17H24FNO. The fraction of sp³-hybridized carbons (Fsp3) is 0.647. The van der Waals surface area contributed by atoms with E-state index < -0.39 is 0 Å². The molecule has 0 aliphatic heterocycles. The Balaban J connectivity index is 1.63. The monoisotopic (exact) mass is 277 g/mol. The number of nitrogens with zero attached hydrogens (tertiary/aromatic N) is 1. The summed E-state index contributed by atoms with van der Waals surface area (Å²) in [4.78, 5) is 2.37. The van der Waals surface area contributed by atoms with Gasteiger partial charge in [0.2, 0.25) is 0 Å². The highest BCUT2D eigenvalue weighted by Gasteiger charge is 2.42. The highest BCUT2D eigenvalue weighted by molar-refractivity contribution is 5.26. The molecule has 0 bridgehead atoms.